The quantitative estimate of drug-likeness (QED) is 0.402. The van der Waals surface area contributed by atoms with Crippen molar-refractivity contribution in [3.63, 3.8) is 0 Å². The summed E-state index contributed by atoms with van der Waals surface area (Å²) in [6.45, 7) is 9.20. The monoisotopic (exact) mass is 491 g/mol. The van der Waals surface area contributed by atoms with Gasteiger partial charge in [-0.15, -0.1) is 0 Å². The first-order valence-corrected chi connectivity index (χ1v) is 13.3. The third kappa shape index (κ3) is 6.61. The summed E-state index contributed by atoms with van der Waals surface area (Å²) in [5.41, 5.74) is 2.03. The van der Waals surface area contributed by atoms with E-state index in [9.17, 15) is 4.79 Å². The van der Waals surface area contributed by atoms with Gasteiger partial charge in [-0.3, -0.25) is 14.8 Å². The second-order valence-electron chi connectivity index (χ2n) is 9.50. The third-order valence-electron chi connectivity index (χ3n) is 6.49. The highest BCUT2D eigenvalue weighted by Gasteiger charge is 2.27. The van der Waals surface area contributed by atoms with E-state index in [1.807, 2.05) is 50.2 Å². The SMILES string of the molecule is CCC(=O)Cc1ccc(Sc2nc(Nc3cc(C)[nH]n3)cc(N3CCN(CC4CC4)CC3)n2)cc1. The first kappa shape index (κ1) is 23.8. The Kier molecular flexibility index (Phi) is 7.34. The smallest absolute Gasteiger partial charge is 0.196 e. The molecule has 1 aliphatic heterocycles. The molecule has 0 spiro atoms. The molecule has 35 heavy (non-hydrogen) atoms. The van der Waals surface area contributed by atoms with Crippen LogP contribution in [0.4, 0.5) is 17.5 Å². The van der Waals surface area contributed by atoms with Crippen LogP contribution >= 0.6 is 11.8 Å². The summed E-state index contributed by atoms with van der Waals surface area (Å²) >= 11 is 1.53. The number of Topliss-reactive ketones (excluding diaryl/α,β-unsaturated/α-hetero) is 1. The van der Waals surface area contributed by atoms with Gasteiger partial charge in [0.15, 0.2) is 11.0 Å². The third-order valence-corrected chi connectivity index (χ3v) is 7.36. The standard InChI is InChI=1S/C26H33N7OS/c1-3-21(34)15-19-6-8-22(9-7-19)35-26-28-23(27-24-14-18(2)30-31-24)16-25(29-26)33-12-10-32(11-13-33)17-20-4-5-20/h6-9,14,16,20H,3-5,10-13,15,17H2,1-2H3,(H2,27,28,29,30,31). The van der Waals surface area contributed by atoms with Crippen molar-refractivity contribution in [1.29, 1.82) is 0 Å². The van der Waals surface area contributed by atoms with E-state index in [0.29, 0.717) is 18.0 Å². The van der Waals surface area contributed by atoms with Crippen molar-refractivity contribution in [2.45, 2.75) is 49.6 Å². The molecule has 2 aliphatic rings. The van der Waals surface area contributed by atoms with Gasteiger partial charge in [-0.25, -0.2) is 9.97 Å². The fraction of sp³-hybridized carbons (Fsp3) is 0.462. The number of rotatable bonds is 10. The summed E-state index contributed by atoms with van der Waals surface area (Å²) in [6.07, 6.45) is 3.84. The van der Waals surface area contributed by atoms with Crippen LogP contribution in [0, 0.1) is 12.8 Å². The Hall–Kier alpha value is -2.91. The largest absolute Gasteiger partial charge is 0.354 e. The number of nitrogens with one attached hydrogen (secondary N) is 2. The Labute approximate surface area is 210 Å². The van der Waals surface area contributed by atoms with Crippen molar-refractivity contribution >= 4 is 35.0 Å². The lowest BCUT2D eigenvalue weighted by Crippen LogP contribution is -2.47. The normalized spacial score (nSPS) is 16.5. The zero-order valence-corrected chi connectivity index (χ0v) is 21.3. The van der Waals surface area contributed by atoms with E-state index in [2.05, 4.69) is 25.3 Å². The summed E-state index contributed by atoms with van der Waals surface area (Å²) < 4.78 is 0. The maximum Gasteiger partial charge on any atom is 0.196 e. The fourth-order valence-electron chi connectivity index (χ4n) is 4.26. The molecular weight excluding hydrogens is 458 g/mol. The fourth-order valence-corrected chi connectivity index (χ4v) is 5.02. The first-order valence-electron chi connectivity index (χ1n) is 12.5. The molecule has 5 rings (SSSR count). The van der Waals surface area contributed by atoms with Gasteiger partial charge < -0.3 is 10.2 Å². The number of carbonyl (C=O) groups is 1. The molecule has 0 radical (unpaired) electrons. The molecule has 0 atom stereocenters. The number of hydrogen-bond acceptors (Lipinski definition) is 8. The Balaban J connectivity index is 1.33. The predicted octanol–water partition coefficient (Wildman–Crippen LogP) is 4.46. The zero-order valence-electron chi connectivity index (χ0n) is 20.5. The molecule has 0 unspecified atom stereocenters. The minimum Gasteiger partial charge on any atom is -0.354 e. The van der Waals surface area contributed by atoms with Crippen molar-refractivity contribution in [3.8, 4) is 0 Å². The van der Waals surface area contributed by atoms with E-state index >= 15 is 0 Å². The topological polar surface area (TPSA) is 90.0 Å². The van der Waals surface area contributed by atoms with Gasteiger partial charge >= 0.3 is 0 Å². The highest BCUT2D eigenvalue weighted by molar-refractivity contribution is 7.99. The van der Waals surface area contributed by atoms with Gasteiger partial charge in [0.05, 0.1) is 0 Å². The summed E-state index contributed by atoms with van der Waals surface area (Å²) in [5, 5.41) is 11.3. The molecular formula is C26H33N7OS. The summed E-state index contributed by atoms with van der Waals surface area (Å²) in [6, 6.07) is 12.1. The average Bonchev–Trinajstić information content (AvgIpc) is 3.59. The number of ketones is 1. The molecule has 9 heteroatoms. The minimum absolute atomic E-state index is 0.253. The second-order valence-corrected chi connectivity index (χ2v) is 10.5. The van der Waals surface area contributed by atoms with Crippen LogP contribution in [-0.4, -0.2) is 63.6 Å². The molecule has 2 N–H and O–H groups in total. The van der Waals surface area contributed by atoms with E-state index in [1.165, 1.54) is 31.1 Å². The second kappa shape index (κ2) is 10.8. The van der Waals surface area contributed by atoms with Crippen LogP contribution < -0.4 is 10.2 Å². The van der Waals surface area contributed by atoms with Crippen LogP contribution in [0.5, 0.6) is 0 Å². The molecule has 0 amide bonds. The van der Waals surface area contributed by atoms with Gasteiger partial charge in [0.25, 0.3) is 0 Å². The van der Waals surface area contributed by atoms with Crippen LogP contribution in [0.25, 0.3) is 0 Å². The number of aryl methyl sites for hydroxylation is 1. The summed E-state index contributed by atoms with van der Waals surface area (Å²) in [7, 11) is 0. The Morgan fingerprint density at radius 2 is 1.86 bits per heavy atom. The lowest BCUT2D eigenvalue weighted by Gasteiger charge is -2.35. The van der Waals surface area contributed by atoms with E-state index in [1.54, 1.807) is 0 Å². The van der Waals surface area contributed by atoms with E-state index in [0.717, 1.165) is 65.7 Å². The number of aromatic nitrogens is 4. The van der Waals surface area contributed by atoms with Gasteiger partial charge in [0.1, 0.15) is 17.4 Å². The Morgan fingerprint density at radius 3 is 2.51 bits per heavy atom. The Bertz CT molecular complexity index is 1150. The van der Waals surface area contributed by atoms with E-state index in [4.69, 9.17) is 9.97 Å². The number of benzene rings is 1. The Morgan fingerprint density at radius 1 is 1.09 bits per heavy atom. The van der Waals surface area contributed by atoms with E-state index < -0.39 is 0 Å². The van der Waals surface area contributed by atoms with Gasteiger partial charge in [-0.1, -0.05) is 19.1 Å². The maximum absolute atomic E-state index is 11.8. The molecule has 2 fully saturated rings. The number of carbonyl (C=O) groups excluding carboxylic acids is 1. The van der Waals surface area contributed by atoms with Gasteiger partial charge in [0.2, 0.25) is 0 Å². The molecule has 3 aromatic rings. The molecule has 1 saturated carbocycles. The first-order chi connectivity index (χ1) is 17.0. The van der Waals surface area contributed by atoms with Gasteiger partial charge in [-0.05, 0) is 55.1 Å². The molecule has 2 aromatic heterocycles. The molecule has 1 aromatic carbocycles. The number of anilines is 3. The van der Waals surface area contributed by atoms with Crippen molar-refractivity contribution < 1.29 is 4.79 Å². The van der Waals surface area contributed by atoms with Crippen molar-refractivity contribution in [2.24, 2.45) is 5.92 Å². The van der Waals surface area contributed by atoms with Crippen LogP contribution in [0.15, 0.2) is 46.5 Å². The molecule has 8 nitrogen and oxygen atoms in total. The number of H-pyrrole nitrogens is 1. The lowest BCUT2D eigenvalue weighted by atomic mass is 10.1. The molecule has 0 bridgehead atoms. The maximum atomic E-state index is 11.8. The van der Waals surface area contributed by atoms with Crippen LogP contribution in [0.2, 0.25) is 0 Å². The van der Waals surface area contributed by atoms with Gasteiger partial charge in [-0.2, -0.15) is 5.10 Å². The van der Waals surface area contributed by atoms with E-state index in [-0.39, 0.29) is 5.78 Å². The zero-order chi connectivity index (χ0) is 24.2. The van der Waals surface area contributed by atoms with Crippen molar-refractivity contribution in [2.75, 3.05) is 42.9 Å². The number of hydrogen-bond donors (Lipinski definition) is 2. The molecule has 1 aliphatic carbocycles. The average molecular weight is 492 g/mol. The van der Waals surface area contributed by atoms with Crippen molar-refractivity contribution in [3.05, 3.63) is 47.7 Å². The molecule has 184 valence electrons. The van der Waals surface area contributed by atoms with Crippen LogP contribution in [0.3, 0.4) is 0 Å². The minimum atomic E-state index is 0.253. The molecule has 1 saturated heterocycles. The van der Waals surface area contributed by atoms with Crippen LogP contribution in [0.1, 0.15) is 37.4 Å². The predicted molar refractivity (Wildman–Crippen MR) is 140 cm³/mol. The number of aromatic amines is 1. The van der Waals surface area contributed by atoms with Crippen LogP contribution in [-0.2, 0) is 11.2 Å². The van der Waals surface area contributed by atoms with Gasteiger partial charge in [0, 0.05) is 68.3 Å². The number of piperazine rings is 1. The van der Waals surface area contributed by atoms with Crippen molar-refractivity contribution in [1.82, 2.24) is 25.1 Å². The summed E-state index contributed by atoms with van der Waals surface area (Å²) in [5.74, 6) is 3.58. The summed E-state index contributed by atoms with van der Waals surface area (Å²) in [4.78, 5) is 27.4. The lowest BCUT2D eigenvalue weighted by molar-refractivity contribution is -0.118. The highest BCUT2D eigenvalue weighted by Crippen LogP contribution is 2.31. The molecule has 3 heterocycles. The number of nitrogens with zero attached hydrogens (tertiary/aromatic N) is 5. The highest BCUT2D eigenvalue weighted by atomic mass is 32.2.